The normalized spacial score (nSPS) is 38.7. The third-order valence-electron chi connectivity index (χ3n) is 7.00. The molecule has 4 aliphatic rings. The van der Waals surface area contributed by atoms with Crippen molar-refractivity contribution in [2.75, 3.05) is 7.11 Å². The molecule has 1 spiro atoms. The molecule has 2 aliphatic carbocycles. The molecule has 1 N–H and O–H groups in total. The summed E-state index contributed by atoms with van der Waals surface area (Å²) in [6, 6.07) is 0. The number of ether oxygens (including phenoxy) is 2. The highest BCUT2D eigenvalue weighted by molar-refractivity contribution is 6.25. The molecule has 1 saturated heterocycles. The van der Waals surface area contributed by atoms with E-state index < -0.39 is 11.4 Å². The quantitative estimate of drug-likeness (QED) is 0.766. The van der Waals surface area contributed by atoms with Gasteiger partial charge in [0.1, 0.15) is 0 Å². The van der Waals surface area contributed by atoms with E-state index in [4.69, 9.17) is 9.47 Å². The lowest BCUT2D eigenvalue weighted by molar-refractivity contribution is -0.220. The Labute approximate surface area is 154 Å². The summed E-state index contributed by atoms with van der Waals surface area (Å²) in [5.74, 6) is -2.12. The molecular weight excluding hydrogens is 332 g/mol. The molecule has 0 amide bonds. The molecule has 2 heterocycles. The monoisotopic (exact) mass is 360 g/mol. The van der Waals surface area contributed by atoms with Crippen LogP contribution in [-0.2, 0) is 19.1 Å². The molecule has 26 heavy (non-hydrogen) atoms. The number of rotatable bonds is 2. The highest BCUT2D eigenvalue weighted by Crippen LogP contribution is 2.64. The summed E-state index contributed by atoms with van der Waals surface area (Å²) in [7, 11) is 1.43. The smallest absolute Gasteiger partial charge is 0.224 e. The maximum absolute atomic E-state index is 13.3. The molecule has 5 heteroatoms. The predicted octanol–water partition coefficient (Wildman–Crippen LogP) is 3.07. The van der Waals surface area contributed by atoms with Crippen molar-refractivity contribution in [2.45, 2.75) is 71.2 Å². The Kier molecular flexibility index (Phi) is 3.65. The van der Waals surface area contributed by atoms with Crippen molar-refractivity contribution in [3.05, 3.63) is 22.5 Å². The van der Waals surface area contributed by atoms with Crippen LogP contribution in [0.2, 0.25) is 0 Å². The van der Waals surface area contributed by atoms with Crippen molar-refractivity contribution in [3.63, 3.8) is 0 Å². The number of allylic oxidation sites excluding steroid dienone is 2. The molecule has 142 valence electrons. The fraction of sp³-hybridized carbons (Fsp3) is 0.714. The number of methoxy groups -OCH3 is 1. The largest absolute Gasteiger partial charge is 0.492 e. The van der Waals surface area contributed by atoms with Crippen LogP contribution in [0.3, 0.4) is 0 Å². The van der Waals surface area contributed by atoms with Crippen LogP contribution in [0.1, 0.15) is 59.8 Å². The van der Waals surface area contributed by atoms with E-state index in [1.54, 1.807) is 0 Å². The number of ketones is 2. The van der Waals surface area contributed by atoms with Gasteiger partial charge in [0.05, 0.1) is 18.3 Å². The van der Waals surface area contributed by atoms with E-state index in [0.29, 0.717) is 24.0 Å². The van der Waals surface area contributed by atoms with E-state index in [1.807, 2.05) is 13.8 Å². The van der Waals surface area contributed by atoms with E-state index in [9.17, 15) is 14.7 Å². The van der Waals surface area contributed by atoms with Crippen LogP contribution in [0.5, 0.6) is 0 Å². The number of hydrogen-bond acceptors (Lipinski definition) is 5. The van der Waals surface area contributed by atoms with Gasteiger partial charge in [-0.3, -0.25) is 9.59 Å². The molecular formula is C21H28O5. The van der Waals surface area contributed by atoms with Crippen LogP contribution in [0.25, 0.3) is 0 Å². The summed E-state index contributed by atoms with van der Waals surface area (Å²) in [6.07, 6.45) is 3.64. The minimum absolute atomic E-state index is 0.00182. The van der Waals surface area contributed by atoms with Crippen molar-refractivity contribution in [1.29, 1.82) is 0 Å². The van der Waals surface area contributed by atoms with Gasteiger partial charge in [-0.15, -0.1) is 0 Å². The van der Waals surface area contributed by atoms with Gasteiger partial charge in [-0.05, 0) is 30.1 Å². The summed E-state index contributed by atoms with van der Waals surface area (Å²) >= 11 is 0. The number of fused-ring (bicyclic) bond motifs is 2. The Hall–Kier alpha value is -1.46. The fourth-order valence-electron chi connectivity index (χ4n) is 5.90. The van der Waals surface area contributed by atoms with Crippen LogP contribution in [0.15, 0.2) is 22.5 Å². The first-order chi connectivity index (χ1) is 12.1. The maximum Gasteiger partial charge on any atom is 0.224 e. The van der Waals surface area contributed by atoms with Gasteiger partial charge in [0, 0.05) is 24.0 Å². The topological polar surface area (TPSA) is 72.8 Å². The molecule has 0 aromatic rings. The van der Waals surface area contributed by atoms with Crippen molar-refractivity contribution in [2.24, 2.45) is 17.3 Å². The van der Waals surface area contributed by atoms with Crippen molar-refractivity contribution in [1.82, 2.24) is 0 Å². The molecule has 5 nitrogen and oxygen atoms in total. The molecule has 0 unspecified atom stereocenters. The van der Waals surface area contributed by atoms with Crippen LogP contribution in [0, 0.1) is 17.3 Å². The third-order valence-corrected chi connectivity index (χ3v) is 7.00. The SMILES string of the molecule is COC1=C(C(C)C)C(=O)C2=C(C[C@@]34CCCC(C)(C)[C@@H]3C[C@@]2(O)O4)C1=O. The zero-order valence-electron chi connectivity index (χ0n) is 16.3. The summed E-state index contributed by atoms with van der Waals surface area (Å²) in [5, 5.41) is 11.4. The van der Waals surface area contributed by atoms with Crippen LogP contribution in [-0.4, -0.2) is 35.2 Å². The summed E-state index contributed by atoms with van der Waals surface area (Å²) in [4.78, 5) is 26.5. The highest BCUT2D eigenvalue weighted by atomic mass is 16.6. The lowest BCUT2D eigenvalue weighted by atomic mass is 9.60. The van der Waals surface area contributed by atoms with Crippen LogP contribution < -0.4 is 0 Å². The average Bonchev–Trinajstić information content (AvgIpc) is 2.78. The Morgan fingerprint density at radius 3 is 2.50 bits per heavy atom. The molecule has 2 aliphatic heterocycles. The Balaban J connectivity index is 1.87. The first kappa shape index (κ1) is 17.9. The molecule has 2 fully saturated rings. The van der Waals surface area contributed by atoms with Gasteiger partial charge in [-0.25, -0.2) is 0 Å². The van der Waals surface area contributed by atoms with E-state index in [2.05, 4.69) is 13.8 Å². The van der Waals surface area contributed by atoms with Gasteiger partial charge < -0.3 is 14.6 Å². The summed E-state index contributed by atoms with van der Waals surface area (Å²) in [5.41, 5.74) is 0.368. The molecule has 3 atom stereocenters. The highest BCUT2D eigenvalue weighted by Gasteiger charge is 2.67. The first-order valence-corrected chi connectivity index (χ1v) is 9.60. The second kappa shape index (κ2) is 5.29. The number of Topliss-reactive ketones (excluding diaryl/α,β-unsaturated/α-hetero) is 2. The van der Waals surface area contributed by atoms with Crippen LogP contribution >= 0.6 is 0 Å². The van der Waals surface area contributed by atoms with Gasteiger partial charge in [0.2, 0.25) is 5.78 Å². The summed E-state index contributed by atoms with van der Waals surface area (Å²) in [6.45, 7) is 8.12. The third kappa shape index (κ3) is 2.10. The number of hydrogen-bond donors (Lipinski definition) is 1. The predicted molar refractivity (Wildman–Crippen MR) is 95.0 cm³/mol. The lowest BCUT2D eigenvalue weighted by Crippen LogP contribution is -2.51. The van der Waals surface area contributed by atoms with Crippen molar-refractivity contribution in [3.8, 4) is 0 Å². The van der Waals surface area contributed by atoms with Gasteiger partial charge in [0.25, 0.3) is 0 Å². The van der Waals surface area contributed by atoms with Crippen molar-refractivity contribution >= 4 is 11.6 Å². The minimum atomic E-state index is -1.66. The van der Waals surface area contributed by atoms with Gasteiger partial charge in [-0.1, -0.05) is 34.1 Å². The van der Waals surface area contributed by atoms with Crippen molar-refractivity contribution < 1.29 is 24.2 Å². The minimum Gasteiger partial charge on any atom is -0.492 e. The zero-order valence-corrected chi connectivity index (χ0v) is 16.3. The van der Waals surface area contributed by atoms with E-state index in [-0.39, 0.29) is 40.1 Å². The molecule has 0 aromatic carbocycles. The molecule has 4 rings (SSSR count). The maximum atomic E-state index is 13.3. The lowest BCUT2D eigenvalue weighted by Gasteiger charge is -2.49. The fourth-order valence-corrected chi connectivity index (χ4v) is 5.90. The number of carbonyl (C=O) groups excluding carboxylic acids is 2. The summed E-state index contributed by atoms with van der Waals surface area (Å²) < 4.78 is 11.6. The Morgan fingerprint density at radius 2 is 1.88 bits per heavy atom. The van der Waals surface area contributed by atoms with E-state index >= 15 is 0 Å². The molecule has 0 aromatic heterocycles. The van der Waals surface area contributed by atoms with Crippen LogP contribution in [0.4, 0.5) is 0 Å². The Bertz CT molecular complexity index is 771. The number of carbonyl (C=O) groups is 2. The second-order valence-electron chi connectivity index (χ2n) is 9.34. The van der Waals surface area contributed by atoms with Gasteiger partial charge >= 0.3 is 0 Å². The van der Waals surface area contributed by atoms with Gasteiger partial charge in [-0.2, -0.15) is 0 Å². The molecule has 0 radical (unpaired) electrons. The average molecular weight is 360 g/mol. The Morgan fingerprint density at radius 1 is 1.19 bits per heavy atom. The van der Waals surface area contributed by atoms with E-state index in [0.717, 1.165) is 19.3 Å². The van der Waals surface area contributed by atoms with E-state index in [1.165, 1.54) is 7.11 Å². The molecule has 2 bridgehead atoms. The molecule has 1 saturated carbocycles. The second-order valence-corrected chi connectivity index (χ2v) is 9.34. The first-order valence-electron chi connectivity index (χ1n) is 9.60. The number of aliphatic hydroxyl groups is 1. The zero-order chi connectivity index (χ0) is 19.1. The standard InChI is InChI=1S/C21H28O5/c1-11(2)14-17(23)15-12(16(22)18(14)25-5)9-20-8-6-7-19(3,4)13(20)10-21(15,24)26-20/h11,13,24H,6-10H2,1-5H3/t13-,20-,21+/m0/s1. The van der Waals surface area contributed by atoms with Gasteiger partial charge in [0.15, 0.2) is 17.3 Å².